The molecule has 4 rings (SSSR count). The van der Waals surface area contributed by atoms with Gasteiger partial charge in [-0.05, 0) is 42.0 Å². The molecule has 4 aromatic rings. The number of hydrogen-bond acceptors (Lipinski definition) is 5. The largest absolute Gasteiger partial charge is 0.497 e. The summed E-state index contributed by atoms with van der Waals surface area (Å²) in [7, 11) is 1.63. The van der Waals surface area contributed by atoms with E-state index in [0.29, 0.717) is 12.1 Å². The minimum absolute atomic E-state index is 0.304. The predicted octanol–water partition coefficient (Wildman–Crippen LogP) is 3.77. The summed E-state index contributed by atoms with van der Waals surface area (Å²) in [5.41, 5.74) is 6.65. The van der Waals surface area contributed by atoms with Gasteiger partial charge in [0.05, 0.1) is 19.9 Å². The number of methoxy groups -OCH3 is 1. The molecule has 0 radical (unpaired) electrons. The number of pyridine rings is 1. The van der Waals surface area contributed by atoms with Crippen LogP contribution in [0.25, 0.3) is 11.3 Å². The molecule has 0 aliphatic carbocycles. The van der Waals surface area contributed by atoms with Crippen LogP contribution in [0.2, 0.25) is 0 Å². The van der Waals surface area contributed by atoms with E-state index in [1.165, 1.54) is 0 Å². The molecule has 0 spiro atoms. The van der Waals surface area contributed by atoms with Gasteiger partial charge in [0.25, 0.3) is 5.91 Å². The fourth-order valence-electron chi connectivity index (χ4n) is 3.08. The van der Waals surface area contributed by atoms with Gasteiger partial charge in [-0.2, -0.15) is 10.2 Å². The lowest BCUT2D eigenvalue weighted by molar-refractivity contribution is 0.0955. The molecule has 154 valence electrons. The summed E-state index contributed by atoms with van der Waals surface area (Å²) in [4.78, 5) is 16.1. The van der Waals surface area contributed by atoms with Crippen LogP contribution >= 0.6 is 0 Å². The lowest BCUT2D eigenvalue weighted by Gasteiger charge is -2.03. The third-order valence-electron chi connectivity index (χ3n) is 4.65. The Morgan fingerprint density at radius 3 is 2.52 bits per heavy atom. The SMILES string of the molecule is COc1ccc(-c2nn(Cc3ccccc3)cc2/C=N\NC(=O)c2ccncc2)cc1. The monoisotopic (exact) mass is 411 g/mol. The van der Waals surface area contributed by atoms with Gasteiger partial charge in [-0.15, -0.1) is 0 Å². The highest BCUT2D eigenvalue weighted by molar-refractivity contribution is 5.95. The second kappa shape index (κ2) is 9.49. The predicted molar refractivity (Wildman–Crippen MR) is 119 cm³/mol. The summed E-state index contributed by atoms with van der Waals surface area (Å²) >= 11 is 0. The van der Waals surface area contributed by atoms with Gasteiger partial charge in [-0.1, -0.05) is 30.3 Å². The highest BCUT2D eigenvalue weighted by Crippen LogP contribution is 2.24. The van der Waals surface area contributed by atoms with Crippen LogP contribution in [0.5, 0.6) is 5.75 Å². The summed E-state index contributed by atoms with van der Waals surface area (Å²) < 4.78 is 7.11. The van der Waals surface area contributed by atoms with Crippen molar-refractivity contribution >= 4 is 12.1 Å². The third kappa shape index (κ3) is 5.02. The molecule has 1 N–H and O–H groups in total. The zero-order chi connectivity index (χ0) is 21.5. The van der Waals surface area contributed by atoms with Crippen LogP contribution in [-0.4, -0.2) is 34.0 Å². The Kier molecular flexibility index (Phi) is 6.13. The maximum Gasteiger partial charge on any atom is 0.271 e. The van der Waals surface area contributed by atoms with Gasteiger partial charge in [-0.3, -0.25) is 14.5 Å². The van der Waals surface area contributed by atoms with E-state index in [2.05, 4.69) is 27.6 Å². The van der Waals surface area contributed by atoms with Crippen molar-refractivity contribution in [2.24, 2.45) is 5.10 Å². The zero-order valence-electron chi connectivity index (χ0n) is 17.0. The second-order valence-corrected chi connectivity index (χ2v) is 6.78. The molecule has 31 heavy (non-hydrogen) atoms. The quantitative estimate of drug-likeness (QED) is 0.371. The smallest absolute Gasteiger partial charge is 0.271 e. The first-order valence-corrected chi connectivity index (χ1v) is 9.72. The number of amides is 1. The first-order valence-electron chi connectivity index (χ1n) is 9.72. The van der Waals surface area contributed by atoms with Gasteiger partial charge in [-0.25, -0.2) is 5.43 Å². The Bertz CT molecular complexity index is 1170. The maximum atomic E-state index is 12.2. The number of carbonyl (C=O) groups excluding carboxylic acids is 1. The van der Waals surface area contributed by atoms with E-state index in [9.17, 15) is 4.79 Å². The number of hydrazone groups is 1. The molecule has 7 nitrogen and oxygen atoms in total. The van der Waals surface area contributed by atoms with Crippen molar-refractivity contribution in [3.8, 4) is 17.0 Å². The molecule has 0 saturated carbocycles. The van der Waals surface area contributed by atoms with Crippen molar-refractivity contribution < 1.29 is 9.53 Å². The molecule has 0 aliphatic rings. The van der Waals surface area contributed by atoms with Crippen LogP contribution in [0.3, 0.4) is 0 Å². The van der Waals surface area contributed by atoms with Crippen molar-refractivity contribution in [1.29, 1.82) is 0 Å². The van der Waals surface area contributed by atoms with E-state index >= 15 is 0 Å². The molecule has 2 aromatic heterocycles. The van der Waals surface area contributed by atoms with Crippen molar-refractivity contribution in [3.63, 3.8) is 0 Å². The molecule has 2 aromatic carbocycles. The van der Waals surface area contributed by atoms with Gasteiger partial charge >= 0.3 is 0 Å². The van der Waals surface area contributed by atoms with E-state index in [1.807, 2.05) is 53.3 Å². The molecule has 7 heteroatoms. The molecule has 0 unspecified atom stereocenters. The molecule has 0 aliphatic heterocycles. The lowest BCUT2D eigenvalue weighted by Crippen LogP contribution is -2.17. The first-order chi connectivity index (χ1) is 15.2. The normalized spacial score (nSPS) is 10.9. The average Bonchev–Trinajstić information content (AvgIpc) is 3.22. The number of hydrogen-bond donors (Lipinski definition) is 1. The average molecular weight is 411 g/mol. The number of nitrogens with zero attached hydrogens (tertiary/aromatic N) is 4. The lowest BCUT2D eigenvalue weighted by atomic mass is 10.1. The number of ether oxygens (including phenoxy) is 1. The number of rotatable bonds is 7. The van der Waals surface area contributed by atoms with Crippen LogP contribution in [0.4, 0.5) is 0 Å². The van der Waals surface area contributed by atoms with Crippen LogP contribution in [0.1, 0.15) is 21.5 Å². The zero-order valence-corrected chi connectivity index (χ0v) is 17.0. The Balaban J connectivity index is 1.59. The molecule has 0 saturated heterocycles. The van der Waals surface area contributed by atoms with Crippen LogP contribution < -0.4 is 10.2 Å². The molecule has 0 atom stereocenters. The standard InChI is InChI=1S/C24H21N5O2/c1-31-22-9-7-19(8-10-22)23-21(15-26-27-24(30)20-11-13-25-14-12-20)17-29(28-23)16-18-5-3-2-4-6-18/h2-15,17H,16H2,1H3,(H,27,30)/b26-15-. The number of aromatic nitrogens is 3. The number of nitrogens with one attached hydrogen (secondary N) is 1. The van der Waals surface area contributed by atoms with E-state index < -0.39 is 0 Å². The molecule has 1 amide bonds. The number of carbonyl (C=O) groups is 1. The molecule has 2 heterocycles. The van der Waals surface area contributed by atoms with Gasteiger partial charge in [0.15, 0.2) is 0 Å². The van der Waals surface area contributed by atoms with Crippen LogP contribution in [0.15, 0.2) is 90.4 Å². The summed E-state index contributed by atoms with van der Waals surface area (Å²) in [5.74, 6) is 0.466. The van der Waals surface area contributed by atoms with Crippen molar-refractivity contribution in [1.82, 2.24) is 20.2 Å². The Hall–Kier alpha value is -4.26. The Labute approximate surface area is 180 Å². The fraction of sp³-hybridized carbons (Fsp3) is 0.0833. The van der Waals surface area contributed by atoms with E-state index in [-0.39, 0.29) is 5.91 Å². The summed E-state index contributed by atoms with van der Waals surface area (Å²) in [6, 6.07) is 21.0. The van der Waals surface area contributed by atoms with Gasteiger partial charge in [0.1, 0.15) is 11.4 Å². The minimum atomic E-state index is -0.304. The van der Waals surface area contributed by atoms with Gasteiger partial charge in [0, 0.05) is 35.3 Å². The summed E-state index contributed by atoms with van der Waals surface area (Å²) in [5, 5.41) is 8.89. The first kappa shape index (κ1) is 20.0. The molecular weight excluding hydrogens is 390 g/mol. The van der Waals surface area contributed by atoms with Gasteiger partial charge < -0.3 is 4.74 Å². The highest BCUT2D eigenvalue weighted by Gasteiger charge is 2.11. The highest BCUT2D eigenvalue weighted by atomic mass is 16.5. The summed E-state index contributed by atoms with van der Waals surface area (Å²) in [6.45, 7) is 0.626. The molecule has 0 fully saturated rings. The Morgan fingerprint density at radius 2 is 1.81 bits per heavy atom. The number of benzene rings is 2. The van der Waals surface area contributed by atoms with Crippen molar-refractivity contribution in [2.75, 3.05) is 7.11 Å². The minimum Gasteiger partial charge on any atom is -0.497 e. The van der Waals surface area contributed by atoms with E-state index in [4.69, 9.17) is 9.84 Å². The van der Waals surface area contributed by atoms with E-state index in [0.717, 1.165) is 28.1 Å². The van der Waals surface area contributed by atoms with Crippen molar-refractivity contribution in [2.45, 2.75) is 6.54 Å². The third-order valence-corrected chi connectivity index (χ3v) is 4.65. The van der Waals surface area contributed by atoms with Crippen molar-refractivity contribution in [3.05, 3.63) is 102 Å². The Morgan fingerprint density at radius 1 is 1.06 bits per heavy atom. The second-order valence-electron chi connectivity index (χ2n) is 6.78. The van der Waals surface area contributed by atoms with Crippen LogP contribution in [0, 0.1) is 0 Å². The topological polar surface area (TPSA) is 81.4 Å². The van der Waals surface area contributed by atoms with E-state index in [1.54, 1.807) is 37.9 Å². The van der Waals surface area contributed by atoms with Gasteiger partial charge in [0.2, 0.25) is 0 Å². The maximum absolute atomic E-state index is 12.2. The fourth-order valence-corrected chi connectivity index (χ4v) is 3.08. The molecule has 0 bridgehead atoms. The van der Waals surface area contributed by atoms with Crippen LogP contribution in [-0.2, 0) is 6.54 Å². The molecular formula is C24H21N5O2. The summed E-state index contributed by atoms with van der Waals surface area (Å²) in [6.07, 6.45) is 6.64.